The number of aromatic nitrogens is 2. The van der Waals surface area contributed by atoms with Gasteiger partial charge in [-0.05, 0) is 33.9 Å². The predicted molar refractivity (Wildman–Crippen MR) is 68.1 cm³/mol. The SMILES string of the molecule is Cc1n[nH]c(C)c1CN(C)C1CCNC1.Cl. The fourth-order valence-electron chi connectivity index (χ4n) is 2.20. The number of nitrogens with zero attached hydrogens (tertiary/aromatic N) is 2. The van der Waals surface area contributed by atoms with Gasteiger partial charge in [0.2, 0.25) is 0 Å². The number of H-pyrrole nitrogens is 1. The van der Waals surface area contributed by atoms with Gasteiger partial charge < -0.3 is 5.32 Å². The molecule has 2 rings (SSSR count). The summed E-state index contributed by atoms with van der Waals surface area (Å²) >= 11 is 0. The van der Waals surface area contributed by atoms with Crippen LogP contribution in [0.15, 0.2) is 0 Å². The summed E-state index contributed by atoms with van der Waals surface area (Å²) in [5.41, 5.74) is 3.68. The van der Waals surface area contributed by atoms with Crippen LogP contribution in [0.3, 0.4) is 0 Å². The summed E-state index contributed by atoms with van der Waals surface area (Å²) in [4.78, 5) is 2.42. The number of hydrogen-bond acceptors (Lipinski definition) is 3. The zero-order valence-electron chi connectivity index (χ0n) is 10.2. The minimum absolute atomic E-state index is 0. The Balaban J connectivity index is 0.00000128. The molecule has 1 aromatic heterocycles. The van der Waals surface area contributed by atoms with Crippen molar-refractivity contribution in [2.45, 2.75) is 32.9 Å². The number of aryl methyl sites for hydroxylation is 2. The van der Waals surface area contributed by atoms with Crippen LogP contribution in [-0.2, 0) is 6.54 Å². The maximum Gasteiger partial charge on any atom is 0.0639 e. The molecule has 5 heteroatoms. The molecule has 1 fully saturated rings. The van der Waals surface area contributed by atoms with E-state index in [0.29, 0.717) is 6.04 Å². The van der Waals surface area contributed by atoms with Gasteiger partial charge in [0.1, 0.15) is 0 Å². The van der Waals surface area contributed by atoms with Crippen LogP contribution >= 0.6 is 12.4 Å². The van der Waals surface area contributed by atoms with E-state index < -0.39 is 0 Å². The first-order valence-electron chi connectivity index (χ1n) is 5.60. The van der Waals surface area contributed by atoms with Gasteiger partial charge in [-0.15, -0.1) is 12.4 Å². The molecule has 4 nitrogen and oxygen atoms in total. The van der Waals surface area contributed by atoms with Gasteiger partial charge in [0.25, 0.3) is 0 Å². The number of halogens is 1. The van der Waals surface area contributed by atoms with E-state index in [1.54, 1.807) is 0 Å². The molecule has 1 aliphatic heterocycles. The third kappa shape index (κ3) is 2.75. The fraction of sp³-hybridized carbons (Fsp3) is 0.727. The summed E-state index contributed by atoms with van der Waals surface area (Å²) in [6.07, 6.45) is 1.26. The normalized spacial score (nSPS) is 20.1. The van der Waals surface area contributed by atoms with Crippen LogP contribution in [0.4, 0.5) is 0 Å². The molecule has 1 atom stereocenters. The molecule has 2 heterocycles. The minimum atomic E-state index is 0. The predicted octanol–water partition coefficient (Wildman–Crippen LogP) is 1.24. The molecule has 16 heavy (non-hydrogen) atoms. The van der Waals surface area contributed by atoms with Crippen molar-refractivity contribution < 1.29 is 0 Å². The first-order valence-corrected chi connectivity index (χ1v) is 5.60. The maximum atomic E-state index is 4.23. The molecule has 92 valence electrons. The molecule has 1 saturated heterocycles. The van der Waals surface area contributed by atoms with E-state index in [1.165, 1.54) is 17.7 Å². The molecule has 1 aliphatic rings. The van der Waals surface area contributed by atoms with Crippen LogP contribution in [0.2, 0.25) is 0 Å². The van der Waals surface area contributed by atoms with Crippen LogP contribution in [0.1, 0.15) is 23.4 Å². The van der Waals surface area contributed by atoms with Gasteiger partial charge in [0.05, 0.1) is 5.69 Å². The monoisotopic (exact) mass is 244 g/mol. The average molecular weight is 245 g/mol. The molecule has 1 aromatic rings. The van der Waals surface area contributed by atoms with Gasteiger partial charge in [0.15, 0.2) is 0 Å². The van der Waals surface area contributed by atoms with Crippen molar-refractivity contribution >= 4 is 12.4 Å². The zero-order chi connectivity index (χ0) is 10.8. The third-order valence-electron chi connectivity index (χ3n) is 3.35. The highest BCUT2D eigenvalue weighted by atomic mass is 35.5. The number of aromatic amines is 1. The number of rotatable bonds is 3. The third-order valence-corrected chi connectivity index (χ3v) is 3.35. The first-order chi connectivity index (χ1) is 7.18. The molecular weight excluding hydrogens is 224 g/mol. The van der Waals surface area contributed by atoms with Gasteiger partial charge >= 0.3 is 0 Å². The van der Waals surface area contributed by atoms with Crippen molar-refractivity contribution in [3.05, 3.63) is 17.0 Å². The van der Waals surface area contributed by atoms with Crippen molar-refractivity contribution in [2.75, 3.05) is 20.1 Å². The van der Waals surface area contributed by atoms with E-state index >= 15 is 0 Å². The van der Waals surface area contributed by atoms with E-state index in [4.69, 9.17) is 0 Å². The van der Waals surface area contributed by atoms with Gasteiger partial charge in [-0.2, -0.15) is 5.10 Å². The highest BCUT2D eigenvalue weighted by Crippen LogP contribution is 2.15. The molecule has 0 spiro atoms. The topological polar surface area (TPSA) is 44.0 Å². The van der Waals surface area contributed by atoms with Crippen molar-refractivity contribution in [1.82, 2.24) is 20.4 Å². The smallest absolute Gasteiger partial charge is 0.0639 e. The van der Waals surface area contributed by atoms with E-state index in [1.807, 2.05) is 0 Å². The summed E-state index contributed by atoms with van der Waals surface area (Å²) < 4.78 is 0. The zero-order valence-corrected chi connectivity index (χ0v) is 11.0. The lowest BCUT2D eigenvalue weighted by atomic mass is 10.1. The lowest BCUT2D eigenvalue weighted by Crippen LogP contribution is -2.33. The van der Waals surface area contributed by atoms with Gasteiger partial charge in [0, 0.05) is 30.4 Å². The van der Waals surface area contributed by atoms with E-state index in [2.05, 4.69) is 41.3 Å². The summed E-state index contributed by atoms with van der Waals surface area (Å²) in [5, 5.41) is 10.7. The standard InChI is InChI=1S/C11H20N4.ClH/c1-8-11(9(2)14-13-8)7-15(3)10-4-5-12-6-10;/h10,12H,4-7H2,1-3H3,(H,13,14);1H. The molecule has 0 saturated carbocycles. The summed E-state index contributed by atoms with van der Waals surface area (Å²) in [7, 11) is 2.20. The maximum absolute atomic E-state index is 4.23. The van der Waals surface area contributed by atoms with E-state index in [-0.39, 0.29) is 12.4 Å². The van der Waals surface area contributed by atoms with Gasteiger partial charge in [-0.1, -0.05) is 0 Å². The van der Waals surface area contributed by atoms with Crippen molar-refractivity contribution in [2.24, 2.45) is 0 Å². The highest BCUT2D eigenvalue weighted by Gasteiger charge is 2.20. The van der Waals surface area contributed by atoms with Crippen molar-refractivity contribution in [1.29, 1.82) is 0 Å². The lowest BCUT2D eigenvalue weighted by Gasteiger charge is -2.23. The Kier molecular flexibility index (Phi) is 4.77. The Bertz CT molecular complexity index is 311. The second-order valence-corrected chi connectivity index (χ2v) is 4.47. The quantitative estimate of drug-likeness (QED) is 0.841. The second kappa shape index (κ2) is 5.66. The minimum Gasteiger partial charge on any atom is -0.315 e. The number of likely N-dealkylation sites (N-methyl/N-ethyl adjacent to an activating group) is 1. The summed E-state index contributed by atoms with van der Waals surface area (Å²) in [6.45, 7) is 7.43. The van der Waals surface area contributed by atoms with Gasteiger partial charge in [-0.25, -0.2) is 0 Å². The van der Waals surface area contributed by atoms with Crippen LogP contribution < -0.4 is 5.32 Å². The molecule has 0 bridgehead atoms. The molecule has 0 radical (unpaired) electrons. The Morgan fingerprint density at radius 3 is 2.69 bits per heavy atom. The molecule has 2 N–H and O–H groups in total. The number of hydrogen-bond donors (Lipinski definition) is 2. The van der Waals surface area contributed by atoms with Crippen molar-refractivity contribution in [3.8, 4) is 0 Å². The molecule has 1 unspecified atom stereocenters. The Morgan fingerprint density at radius 1 is 1.44 bits per heavy atom. The largest absolute Gasteiger partial charge is 0.315 e. The first kappa shape index (κ1) is 13.5. The van der Waals surface area contributed by atoms with Crippen LogP contribution in [0.25, 0.3) is 0 Å². The molecule has 0 amide bonds. The van der Waals surface area contributed by atoms with E-state index in [9.17, 15) is 0 Å². The molecule has 0 aromatic carbocycles. The number of nitrogens with one attached hydrogen (secondary N) is 2. The highest BCUT2D eigenvalue weighted by molar-refractivity contribution is 5.85. The van der Waals surface area contributed by atoms with Crippen LogP contribution in [0.5, 0.6) is 0 Å². The Hall–Kier alpha value is -0.580. The Morgan fingerprint density at radius 2 is 2.19 bits per heavy atom. The van der Waals surface area contributed by atoms with E-state index in [0.717, 1.165) is 25.3 Å². The Labute approximate surface area is 103 Å². The second-order valence-electron chi connectivity index (χ2n) is 4.47. The van der Waals surface area contributed by atoms with Gasteiger partial charge in [-0.3, -0.25) is 10.00 Å². The lowest BCUT2D eigenvalue weighted by molar-refractivity contribution is 0.248. The van der Waals surface area contributed by atoms with Crippen molar-refractivity contribution in [3.63, 3.8) is 0 Å². The molecular formula is C11H21ClN4. The van der Waals surface area contributed by atoms with Crippen LogP contribution in [-0.4, -0.2) is 41.3 Å². The molecule has 0 aliphatic carbocycles. The fourth-order valence-corrected chi connectivity index (χ4v) is 2.20. The summed E-state index contributed by atoms with van der Waals surface area (Å²) in [5.74, 6) is 0. The average Bonchev–Trinajstić information content (AvgIpc) is 2.82. The summed E-state index contributed by atoms with van der Waals surface area (Å²) in [6, 6.07) is 0.679. The van der Waals surface area contributed by atoms with Crippen LogP contribution in [0, 0.1) is 13.8 Å².